The van der Waals surface area contributed by atoms with Crippen molar-refractivity contribution in [3.05, 3.63) is 35.6 Å². The van der Waals surface area contributed by atoms with Crippen LogP contribution in [0.2, 0.25) is 0 Å². The third kappa shape index (κ3) is 6.03. The van der Waals surface area contributed by atoms with Crippen LogP contribution in [-0.2, 0) is 4.79 Å². The summed E-state index contributed by atoms with van der Waals surface area (Å²) < 4.78 is 13.1. The standard InChI is InChI=1S/C14H21FN2O.ClH/c1-4-16-10(2)9-17-14(18)11(3)12-6-5-7-13(15)8-12;/h5-8,10-11,16H,4,9H2,1-3H3,(H,17,18);1H/t10-,11?;/m1./s1. The molecule has 0 radical (unpaired) electrons. The first-order chi connectivity index (χ1) is 8.54. The number of benzene rings is 1. The molecule has 0 aliphatic rings. The predicted octanol–water partition coefficient (Wildman–Crippen LogP) is 2.47. The molecule has 2 atom stereocenters. The summed E-state index contributed by atoms with van der Waals surface area (Å²) in [6.45, 7) is 7.26. The smallest absolute Gasteiger partial charge is 0.227 e. The lowest BCUT2D eigenvalue weighted by Crippen LogP contribution is -2.40. The maximum absolute atomic E-state index is 13.1. The Kier molecular flexibility index (Phi) is 8.35. The van der Waals surface area contributed by atoms with E-state index in [0.717, 1.165) is 6.54 Å². The summed E-state index contributed by atoms with van der Waals surface area (Å²) in [7, 11) is 0. The average molecular weight is 289 g/mol. The Morgan fingerprint density at radius 1 is 1.37 bits per heavy atom. The third-order valence-corrected chi connectivity index (χ3v) is 2.88. The van der Waals surface area contributed by atoms with Gasteiger partial charge in [-0.15, -0.1) is 12.4 Å². The minimum Gasteiger partial charge on any atom is -0.354 e. The van der Waals surface area contributed by atoms with Crippen molar-refractivity contribution >= 4 is 18.3 Å². The number of hydrogen-bond acceptors (Lipinski definition) is 2. The number of amides is 1. The Labute approximate surface area is 120 Å². The van der Waals surface area contributed by atoms with Crippen molar-refractivity contribution in [1.29, 1.82) is 0 Å². The van der Waals surface area contributed by atoms with Crippen LogP contribution >= 0.6 is 12.4 Å². The van der Waals surface area contributed by atoms with Gasteiger partial charge in [-0.3, -0.25) is 4.79 Å². The second-order valence-corrected chi connectivity index (χ2v) is 4.48. The molecule has 1 rings (SSSR count). The normalized spacial score (nSPS) is 13.3. The van der Waals surface area contributed by atoms with Crippen molar-refractivity contribution in [3.8, 4) is 0 Å². The number of hydrogen-bond donors (Lipinski definition) is 2. The number of rotatable bonds is 6. The summed E-state index contributed by atoms with van der Waals surface area (Å²) in [5.41, 5.74) is 0.698. The lowest BCUT2D eigenvalue weighted by molar-refractivity contribution is -0.122. The van der Waals surface area contributed by atoms with Gasteiger partial charge in [-0.2, -0.15) is 0 Å². The third-order valence-electron chi connectivity index (χ3n) is 2.88. The predicted molar refractivity (Wildman–Crippen MR) is 78.2 cm³/mol. The van der Waals surface area contributed by atoms with Gasteiger partial charge < -0.3 is 10.6 Å². The molecule has 0 spiro atoms. The highest BCUT2D eigenvalue weighted by Crippen LogP contribution is 2.16. The van der Waals surface area contributed by atoms with Crippen LogP contribution in [0.25, 0.3) is 0 Å². The van der Waals surface area contributed by atoms with Crippen LogP contribution in [0.15, 0.2) is 24.3 Å². The largest absolute Gasteiger partial charge is 0.354 e. The van der Waals surface area contributed by atoms with Gasteiger partial charge in [0.1, 0.15) is 5.82 Å². The van der Waals surface area contributed by atoms with E-state index in [1.165, 1.54) is 12.1 Å². The van der Waals surface area contributed by atoms with Gasteiger partial charge in [0, 0.05) is 12.6 Å². The molecule has 2 N–H and O–H groups in total. The second kappa shape index (κ2) is 8.88. The number of nitrogens with one attached hydrogen (secondary N) is 2. The lowest BCUT2D eigenvalue weighted by Gasteiger charge is -2.16. The summed E-state index contributed by atoms with van der Waals surface area (Å²) in [6.07, 6.45) is 0. The van der Waals surface area contributed by atoms with Gasteiger partial charge in [-0.1, -0.05) is 19.1 Å². The topological polar surface area (TPSA) is 41.1 Å². The molecule has 0 saturated heterocycles. The van der Waals surface area contributed by atoms with Gasteiger partial charge in [0.2, 0.25) is 5.91 Å². The summed E-state index contributed by atoms with van der Waals surface area (Å²) >= 11 is 0. The fourth-order valence-electron chi connectivity index (χ4n) is 1.75. The molecule has 3 nitrogen and oxygen atoms in total. The molecule has 0 saturated carbocycles. The molecule has 5 heteroatoms. The number of carbonyl (C=O) groups is 1. The van der Waals surface area contributed by atoms with Crippen LogP contribution < -0.4 is 10.6 Å². The van der Waals surface area contributed by atoms with Gasteiger partial charge in [0.25, 0.3) is 0 Å². The van der Waals surface area contributed by atoms with Crippen LogP contribution in [0.3, 0.4) is 0 Å². The number of halogens is 2. The first-order valence-electron chi connectivity index (χ1n) is 6.31. The zero-order valence-electron chi connectivity index (χ0n) is 11.6. The Hall–Kier alpha value is -1.13. The van der Waals surface area contributed by atoms with Crippen molar-refractivity contribution in [2.75, 3.05) is 13.1 Å². The molecule has 0 bridgehead atoms. The van der Waals surface area contributed by atoms with Crippen molar-refractivity contribution < 1.29 is 9.18 Å². The molecular weight excluding hydrogens is 267 g/mol. The van der Waals surface area contributed by atoms with Crippen LogP contribution in [0.4, 0.5) is 4.39 Å². The molecule has 0 heterocycles. The Balaban J connectivity index is 0.00000324. The molecule has 0 aliphatic carbocycles. The zero-order valence-corrected chi connectivity index (χ0v) is 12.4. The van der Waals surface area contributed by atoms with E-state index in [9.17, 15) is 9.18 Å². The molecule has 0 aromatic heterocycles. The first kappa shape index (κ1) is 17.9. The molecule has 1 aromatic rings. The Morgan fingerprint density at radius 2 is 2.05 bits per heavy atom. The van der Waals surface area contributed by atoms with Crippen molar-refractivity contribution in [2.45, 2.75) is 32.7 Å². The minimum absolute atomic E-state index is 0. The van der Waals surface area contributed by atoms with Gasteiger partial charge in [-0.25, -0.2) is 4.39 Å². The molecule has 1 aromatic carbocycles. The molecule has 1 amide bonds. The van der Waals surface area contributed by atoms with Crippen molar-refractivity contribution in [2.24, 2.45) is 0 Å². The molecule has 0 aliphatic heterocycles. The summed E-state index contributed by atoms with van der Waals surface area (Å²) in [4.78, 5) is 11.9. The van der Waals surface area contributed by atoms with E-state index in [1.54, 1.807) is 19.1 Å². The SMILES string of the molecule is CCN[C@H](C)CNC(=O)C(C)c1cccc(F)c1.Cl. The average Bonchev–Trinajstić information content (AvgIpc) is 2.35. The molecule has 0 fully saturated rings. The van der Waals surface area contributed by atoms with Crippen molar-refractivity contribution in [3.63, 3.8) is 0 Å². The zero-order chi connectivity index (χ0) is 13.5. The lowest BCUT2D eigenvalue weighted by atomic mass is 10.0. The monoisotopic (exact) mass is 288 g/mol. The van der Waals surface area contributed by atoms with E-state index in [1.807, 2.05) is 13.8 Å². The van der Waals surface area contributed by atoms with Gasteiger partial charge in [-0.05, 0) is 38.1 Å². The Morgan fingerprint density at radius 3 is 2.63 bits per heavy atom. The van der Waals surface area contributed by atoms with E-state index in [4.69, 9.17) is 0 Å². The quantitative estimate of drug-likeness (QED) is 0.844. The van der Waals surface area contributed by atoms with Crippen LogP contribution in [0, 0.1) is 5.82 Å². The highest BCUT2D eigenvalue weighted by molar-refractivity contribution is 5.85. The van der Waals surface area contributed by atoms with Crippen LogP contribution in [-0.4, -0.2) is 25.0 Å². The van der Waals surface area contributed by atoms with Gasteiger partial charge in [0.05, 0.1) is 5.92 Å². The van der Waals surface area contributed by atoms with Crippen molar-refractivity contribution in [1.82, 2.24) is 10.6 Å². The molecule has 108 valence electrons. The molecular formula is C14H22ClFN2O. The number of carbonyl (C=O) groups excluding carboxylic acids is 1. The maximum Gasteiger partial charge on any atom is 0.227 e. The molecule has 19 heavy (non-hydrogen) atoms. The summed E-state index contributed by atoms with van der Waals surface area (Å²) in [5.74, 6) is -0.729. The van der Waals surface area contributed by atoms with E-state index in [2.05, 4.69) is 10.6 Å². The van der Waals surface area contributed by atoms with Gasteiger partial charge >= 0.3 is 0 Å². The van der Waals surface area contributed by atoms with E-state index >= 15 is 0 Å². The second-order valence-electron chi connectivity index (χ2n) is 4.48. The van der Waals surface area contributed by atoms with E-state index < -0.39 is 0 Å². The highest BCUT2D eigenvalue weighted by Gasteiger charge is 2.15. The number of likely N-dealkylation sites (N-methyl/N-ethyl adjacent to an activating group) is 1. The highest BCUT2D eigenvalue weighted by atomic mass is 35.5. The van der Waals surface area contributed by atoms with E-state index in [-0.39, 0.29) is 36.1 Å². The fraction of sp³-hybridized carbons (Fsp3) is 0.500. The van der Waals surface area contributed by atoms with Gasteiger partial charge in [0.15, 0.2) is 0 Å². The summed E-state index contributed by atoms with van der Waals surface area (Å²) in [5, 5.41) is 6.07. The van der Waals surface area contributed by atoms with Crippen LogP contribution in [0.5, 0.6) is 0 Å². The summed E-state index contributed by atoms with van der Waals surface area (Å²) in [6, 6.07) is 6.40. The molecule has 1 unspecified atom stereocenters. The Bertz CT molecular complexity index is 401. The van der Waals surface area contributed by atoms with E-state index in [0.29, 0.717) is 12.1 Å². The first-order valence-corrected chi connectivity index (χ1v) is 6.31. The van der Waals surface area contributed by atoms with Crippen LogP contribution in [0.1, 0.15) is 32.3 Å². The minimum atomic E-state index is -0.338. The maximum atomic E-state index is 13.1. The fourth-order valence-corrected chi connectivity index (χ4v) is 1.75.